The van der Waals surface area contributed by atoms with E-state index in [-0.39, 0.29) is 11.4 Å². The summed E-state index contributed by atoms with van der Waals surface area (Å²) < 4.78 is 0. The Kier molecular flexibility index (Phi) is 3.70. The van der Waals surface area contributed by atoms with E-state index >= 15 is 0 Å². The Morgan fingerprint density at radius 3 is 2.38 bits per heavy atom. The summed E-state index contributed by atoms with van der Waals surface area (Å²) in [6.07, 6.45) is 0.833. The van der Waals surface area contributed by atoms with Gasteiger partial charge in [-0.1, -0.05) is 25.1 Å². The predicted octanol–water partition coefficient (Wildman–Crippen LogP) is 2.36. The van der Waals surface area contributed by atoms with E-state index in [0.717, 1.165) is 12.0 Å². The summed E-state index contributed by atoms with van der Waals surface area (Å²) in [6.45, 7) is 7.78. The van der Waals surface area contributed by atoms with Crippen molar-refractivity contribution in [3.05, 3.63) is 35.4 Å². The van der Waals surface area contributed by atoms with Crippen LogP contribution in [0.2, 0.25) is 0 Å². The van der Waals surface area contributed by atoms with Gasteiger partial charge >= 0.3 is 0 Å². The van der Waals surface area contributed by atoms with Crippen LogP contribution in [-0.2, 0) is 6.42 Å². The van der Waals surface area contributed by atoms with Gasteiger partial charge in [0.15, 0.2) is 0 Å². The fourth-order valence-electron chi connectivity index (χ4n) is 1.47. The van der Waals surface area contributed by atoms with E-state index in [0.29, 0.717) is 5.56 Å². The molecular formula is C13H20N2O. The van der Waals surface area contributed by atoms with Gasteiger partial charge in [0.2, 0.25) is 0 Å². The van der Waals surface area contributed by atoms with Crippen molar-refractivity contribution in [2.24, 2.45) is 5.84 Å². The van der Waals surface area contributed by atoms with Crippen LogP contribution in [0.5, 0.6) is 0 Å². The Labute approximate surface area is 97.2 Å². The number of benzene rings is 1. The van der Waals surface area contributed by atoms with Crippen LogP contribution in [0.25, 0.3) is 0 Å². The smallest absolute Gasteiger partial charge is 0.268 e. The zero-order valence-corrected chi connectivity index (χ0v) is 10.4. The van der Waals surface area contributed by atoms with Crippen LogP contribution < -0.4 is 5.84 Å². The molecule has 0 saturated heterocycles. The highest BCUT2D eigenvalue weighted by molar-refractivity contribution is 5.95. The summed E-state index contributed by atoms with van der Waals surface area (Å²) in [5, 5.41) is 1.29. The Morgan fingerprint density at radius 1 is 1.31 bits per heavy atom. The molecule has 0 bridgehead atoms. The minimum Gasteiger partial charge on any atom is -0.271 e. The number of rotatable bonds is 2. The third-order valence-electron chi connectivity index (χ3n) is 2.57. The lowest BCUT2D eigenvalue weighted by Crippen LogP contribution is -2.50. The molecule has 0 fully saturated rings. The quantitative estimate of drug-likeness (QED) is 0.472. The number of hydrogen-bond donors (Lipinski definition) is 1. The van der Waals surface area contributed by atoms with Gasteiger partial charge in [0.05, 0.1) is 5.54 Å². The normalized spacial score (nSPS) is 11.3. The predicted molar refractivity (Wildman–Crippen MR) is 65.9 cm³/mol. The van der Waals surface area contributed by atoms with Crippen molar-refractivity contribution < 1.29 is 4.79 Å². The molecule has 1 rings (SSSR count). The van der Waals surface area contributed by atoms with Gasteiger partial charge in [0.25, 0.3) is 5.91 Å². The Morgan fingerprint density at radius 2 is 1.88 bits per heavy atom. The second kappa shape index (κ2) is 4.66. The second-order valence-electron chi connectivity index (χ2n) is 4.86. The van der Waals surface area contributed by atoms with Gasteiger partial charge in [-0.2, -0.15) is 0 Å². The topological polar surface area (TPSA) is 46.3 Å². The average Bonchev–Trinajstić information content (AvgIpc) is 2.25. The first-order valence-corrected chi connectivity index (χ1v) is 5.55. The van der Waals surface area contributed by atoms with Gasteiger partial charge in [-0.15, -0.1) is 0 Å². The summed E-state index contributed by atoms with van der Waals surface area (Å²) in [4.78, 5) is 12.2. The Hall–Kier alpha value is -1.35. The molecule has 88 valence electrons. The lowest BCUT2D eigenvalue weighted by atomic mass is 10.0. The van der Waals surface area contributed by atoms with E-state index in [1.807, 2.05) is 52.0 Å². The number of carbonyl (C=O) groups excluding carboxylic acids is 1. The highest BCUT2D eigenvalue weighted by Crippen LogP contribution is 2.16. The van der Waals surface area contributed by atoms with Gasteiger partial charge in [-0.05, 0) is 38.8 Å². The molecule has 0 unspecified atom stereocenters. The standard InChI is InChI=1S/C13H20N2O/c1-5-10-8-6-7-9-11(10)12(16)15(14)13(2,3)4/h6-9H,5,14H2,1-4H3. The van der Waals surface area contributed by atoms with Crippen LogP contribution in [0.1, 0.15) is 43.6 Å². The molecule has 0 aliphatic rings. The largest absolute Gasteiger partial charge is 0.271 e. The average molecular weight is 220 g/mol. The molecule has 0 spiro atoms. The summed E-state index contributed by atoms with van der Waals surface area (Å²) in [6, 6.07) is 7.59. The van der Waals surface area contributed by atoms with Crippen LogP contribution in [0.15, 0.2) is 24.3 Å². The molecular weight excluding hydrogens is 200 g/mol. The third-order valence-corrected chi connectivity index (χ3v) is 2.57. The van der Waals surface area contributed by atoms with Crippen molar-refractivity contribution in [3.8, 4) is 0 Å². The van der Waals surface area contributed by atoms with Crippen molar-refractivity contribution in [2.75, 3.05) is 0 Å². The van der Waals surface area contributed by atoms with Gasteiger partial charge in [-0.3, -0.25) is 9.80 Å². The van der Waals surface area contributed by atoms with Crippen LogP contribution in [0.4, 0.5) is 0 Å². The highest BCUT2D eigenvalue weighted by Gasteiger charge is 2.25. The minimum absolute atomic E-state index is 0.120. The van der Waals surface area contributed by atoms with Crippen LogP contribution in [0, 0.1) is 0 Å². The molecule has 0 aliphatic heterocycles. The van der Waals surface area contributed by atoms with E-state index in [2.05, 4.69) is 0 Å². The fraction of sp³-hybridized carbons (Fsp3) is 0.462. The van der Waals surface area contributed by atoms with Crippen LogP contribution in [-0.4, -0.2) is 16.5 Å². The Bertz CT molecular complexity index is 380. The Balaban J connectivity index is 3.05. The van der Waals surface area contributed by atoms with Crippen LogP contribution >= 0.6 is 0 Å². The lowest BCUT2D eigenvalue weighted by Gasteiger charge is -2.31. The first-order valence-electron chi connectivity index (χ1n) is 5.55. The summed E-state index contributed by atoms with van der Waals surface area (Å²) in [5.74, 6) is 5.71. The fourth-order valence-corrected chi connectivity index (χ4v) is 1.47. The molecule has 0 heterocycles. The zero-order valence-electron chi connectivity index (χ0n) is 10.4. The van der Waals surface area contributed by atoms with Crippen molar-refractivity contribution in [1.29, 1.82) is 0 Å². The number of aryl methyl sites for hydroxylation is 1. The molecule has 0 saturated carbocycles. The molecule has 0 aliphatic carbocycles. The second-order valence-corrected chi connectivity index (χ2v) is 4.86. The monoisotopic (exact) mass is 220 g/mol. The first-order chi connectivity index (χ1) is 7.38. The summed E-state index contributed by atoms with van der Waals surface area (Å²) in [5.41, 5.74) is 1.37. The molecule has 3 heteroatoms. The molecule has 1 aromatic carbocycles. The summed E-state index contributed by atoms with van der Waals surface area (Å²) in [7, 11) is 0. The zero-order chi connectivity index (χ0) is 12.3. The number of carbonyl (C=O) groups is 1. The molecule has 1 amide bonds. The van der Waals surface area contributed by atoms with E-state index in [1.165, 1.54) is 5.01 Å². The van der Waals surface area contributed by atoms with Crippen molar-refractivity contribution in [1.82, 2.24) is 5.01 Å². The maximum atomic E-state index is 12.2. The SMILES string of the molecule is CCc1ccccc1C(=O)N(N)C(C)(C)C. The molecule has 0 atom stereocenters. The van der Waals surface area contributed by atoms with Gasteiger partial charge in [0.1, 0.15) is 0 Å². The number of nitrogens with zero attached hydrogens (tertiary/aromatic N) is 1. The van der Waals surface area contributed by atoms with Crippen molar-refractivity contribution in [2.45, 2.75) is 39.7 Å². The number of hydrazine groups is 1. The van der Waals surface area contributed by atoms with E-state index in [9.17, 15) is 4.79 Å². The first kappa shape index (κ1) is 12.7. The van der Waals surface area contributed by atoms with Gasteiger partial charge in [-0.25, -0.2) is 5.84 Å². The van der Waals surface area contributed by atoms with Crippen LogP contribution in [0.3, 0.4) is 0 Å². The lowest BCUT2D eigenvalue weighted by molar-refractivity contribution is 0.0581. The van der Waals surface area contributed by atoms with E-state index in [1.54, 1.807) is 0 Å². The van der Waals surface area contributed by atoms with Gasteiger partial charge in [0, 0.05) is 5.56 Å². The third kappa shape index (κ3) is 2.61. The van der Waals surface area contributed by atoms with E-state index in [4.69, 9.17) is 5.84 Å². The summed E-state index contributed by atoms with van der Waals surface area (Å²) >= 11 is 0. The molecule has 2 N–H and O–H groups in total. The maximum absolute atomic E-state index is 12.2. The highest BCUT2D eigenvalue weighted by atomic mass is 16.2. The van der Waals surface area contributed by atoms with Gasteiger partial charge < -0.3 is 0 Å². The molecule has 3 nitrogen and oxygen atoms in total. The molecule has 1 aromatic rings. The minimum atomic E-state index is -0.363. The number of hydrogen-bond acceptors (Lipinski definition) is 2. The molecule has 16 heavy (non-hydrogen) atoms. The van der Waals surface area contributed by atoms with E-state index < -0.39 is 0 Å². The molecule has 0 radical (unpaired) electrons. The van der Waals surface area contributed by atoms with Crippen molar-refractivity contribution in [3.63, 3.8) is 0 Å². The molecule has 0 aromatic heterocycles. The van der Waals surface area contributed by atoms with Crippen molar-refractivity contribution >= 4 is 5.91 Å². The number of amides is 1. The maximum Gasteiger partial charge on any atom is 0.268 e. The number of nitrogens with two attached hydrogens (primary N) is 1.